The van der Waals surface area contributed by atoms with Gasteiger partial charge in [-0.15, -0.1) is 11.3 Å². The molecule has 3 aromatic rings. The summed E-state index contributed by atoms with van der Waals surface area (Å²) in [5.41, 5.74) is 1.48. The van der Waals surface area contributed by atoms with Crippen LogP contribution in [0.3, 0.4) is 0 Å². The average Bonchev–Trinajstić information content (AvgIpc) is 3.11. The molecule has 7 heteroatoms. The lowest BCUT2D eigenvalue weighted by Gasteiger charge is -2.12. The van der Waals surface area contributed by atoms with Crippen molar-refractivity contribution in [3.8, 4) is 5.75 Å². The van der Waals surface area contributed by atoms with E-state index in [4.69, 9.17) is 9.47 Å². The molecule has 6 nitrogen and oxygen atoms in total. The standard InChI is InChI=1S/C21H20N2O4S/c1-3-26-16-10-8-15(9-11-16)22-21(25)14(2)27-20(24)13-12-19-23-17-6-4-5-7-18(17)28-19/h4-14H,3H2,1-2H3,(H,22,25)/b13-12+/t14-/m1/s1. The van der Waals surface area contributed by atoms with Gasteiger partial charge in [-0.05, 0) is 56.3 Å². The van der Waals surface area contributed by atoms with Crippen LogP contribution in [-0.2, 0) is 14.3 Å². The Labute approximate surface area is 166 Å². The number of nitrogens with one attached hydrogen (secondary N) is 1. The van der Waals surface area contributed by atoms with Gasteiger partial charge < -0.3 is 14.8 Å². The van der Waals surface area contributed by atoms with Crippen LogP contribution in [0, 0.1) is 0 Å². The smallest absolute Gasteiger partial charge is 0.331 e. The summed E-state index contributed by atoms with van der Waals surface area (Å²) in [5.74, 6) is -0.292. The van der Waals surface area contributed by atoms with Crippen LogP contribution in [0.2, 0.25) is 0 Å². The van der Waals surface area contributed by atoms with Crippen molar-refractivity contribution in [1.82, 2.24) is 4.98 Å². The number of rotatable bonds is 7. The number of carbonyl (C=O) groups is 2. The van der Waals surface area contributed by atoms with Gasteiger partial charge in [0.15, 0.2) is 6.10 Å². The SMILES string of the molecule is CCOc1ccc(NC(=O)[C@@H](C)OC(=O)/C=C/c2nc3ccccc3s2)cc1. The molecule has 0 radical (unpaired) electrons. The van der Waals surface area contributed by atoms with Gasteiger partial charge in [-0.25, -0.2) is 9.78 Å². The second-order valence-electron chi connectivity index (χ2n) is 5.88. The van der Waals surface area contributed by atoms with Crippen molar-refractivity contribution >= 4 is 45.2 Å². The highest BCUT2D eigenvalue weighted by Gasteiger charge is 2.16. The number of amides is 1. The Morgan fingerprint density at radius 1 is 1.18 bits per heavy atom. The minimum absolute atomic E-state index is 0.411. The van der Waals surface area contributed by atoms with Crippen molar-refractivity contribution in [3.05, 3.63) is 59.6 Å². The summed E-state index contributed by atoms with van der Waals surface area (Å²) in [6.45, 7) is 3.99. The zero-order valence-electron chi connectivity index (χ0n) is 15.5. The molecular weight excluding hydrogens is 376 g/mol. The minimum Gasteiger partial charge on any atom is -0.494 e. The lowest BCUT2D eigenvalue weighted by molar-refractivity contribution is -0.148. The first kappa shape index (κ1) is 19.6. The molecule has 0 aliphatic heterocycles. The fourth-order valence-corrected chi connectivity index (χ4v) is 3.28. The van der Waals surface area contributed by atoms with E-state index in [1.807, 2.05) is 31.2 Å². The van der Waals surface area contributed by atoms with Crippen LogP contribution < -0.4 is 10.1 Å². The second kappa shape index (κ2) is 9.14. The van der Waals surface area contributed by atoms with E-state index in [2.05, 4.69) is 10.3 Å². The van der Waals surface area contributed by atoms with Crippen molar-refractivity contribution in [3.63, 3.8) is 0 Å². The number of esters is 1. The maximum absolute atomic E-state index is 12.2. The number of nitrogens with zero attached hydrogens (tertiary/aromatic N) is 1. The number of aromatic nitrogens is 1. The minimum atomic E-state index is -0.931. The third-order valence-electron chi connectivity index (χ3n) is 3.77. The van der Waals surface area contributed by atoms with E-state index in [0.717, 1.165) is 16.0 Å². The number of benzene rings is 2. The van der Waals surface area contributed by atoms with Crippen LogP contribution in [0.15, 0.2) is 54.6 Å². The van der Waals surface area contributed by atoms with Crippen LogP contribution in [-0.4, -0.2) is 29.6 Å². The van der Waals surface area contributed by atoms with Crippen LogP contribution in [0.25, 0.3) is 16.3 Å². The van der Waals surface area contributed by atoms with Gasteiger partial charge in [0.25, 0.3) is 5.91 Å². The molecule has 1 heterocycles. The van der Waals surface area contributed by atoms with Gasteiger partial charge >= 0.3 is 5.97 Å². The molecule has 144 valence electrons. The third-order valence-corrected chi connectivity index (χ3v) is 4.77. The number of para-hydroxylation sites is 1. The fraction of sp³-hybridized carbons (Fsp3) is 0.190. The Balaban J connectivity index is 1.53. The van der Waals surface area contributed by atoms with E-state index in [0.29, 0.717) is 17.3 Å². The quantitative estimate of drug-likeness (QED) is 0.476. The zero-order valence-corrected chi connectivity index (χ0v) is 16.4. The maximum Gasteiger partial charge on any atom is 0.331 e. The third kappa shape index (κ3) is 5.17. The summed E-state index contributed by atoms with van der Waals surface area (Å²) in [6.07, 6.45) is 1.93. The number of hydrogen-bond donors (Lipinski definition) is 1. The van der Waals surface area contributed by atoms with Gasteiger partial charge in [-0.3, -0.25) is 4.79 Å². The molecule has 3 rings (SSSR count). The molecule has 2 aromatic carbocycles. The molecular formula is C21H20N2O4S. The number of anilines is 1. The lowest BCUT2D eigenvalue weighted by Crippen LogP contribution is -2.29. The Hall–Kier alpha value is -3.19. The van der Waals surface area contributed by atoms with Gasteiger partial charge in [-0.1, -0.05) is 12.1 Å². The summed E-state index contributed by atoms with van der Waals surface area (Å²) in [4.78, 5) is 28.6. The van der Waals surface area contributed by atoms with Gasteiger partial charge in [0.05, 0.1) is 16.8 Å². The number of hydrogen-bond acceptors (Lipinski definition) is 6. The summed E-state index contributed by atoms with van der Waals surface area (Å²) >= 11 is 1.48. The second-order valence-corrected chi connectivity index (χ2v) is 6.94. The van der Waals surface area contributed by atoms with Crippen molar-refractivity contribution in [2.45, 2.75) is 20.0 Å². The highest BCUT2D eigenvalue weighted by atomic mass is 32.1. The highest BCUT2D eigenvalue weighted by molar-refractivity contribution is 7.19. The normalized spacial score (nSPS) is 12.1. The zero-order chi connectivity index (χ0) is 19.9. The monoisotopic (exact) mass is 396 g/mol. The van der Waals surface area contributed by atoms with Gasteiger partial charge in [-0.2, -0.15) is 0 Å². The number of fused-ring (bicyclic) bond motifs is 1. The molecule has 1 N–H and O–H groups in total. The first-order valence-electron chi connectivity index (χ1n) is 8.83. The molecule has 1 aromatic heterocycles. The predicted octanol–water partition coefficient (Wildman–Crippen LogP) is 4.28. The lowest BCUT2D eigenvalue weighted by atomic mass is 10.3. The fourth-order valence-electron chi connectivity index (χ4n) is 2.41. The molecule has 0 fully saturated rings. The highest BCUT2D eigenvalue weighted by Crippen LogP contribution is 2.22. The molecule has 0 aliphatic carbocycles. The van der Waals surface area contributed by atoms with E-state index >= 15 is 0 Å². The summed E-state index contributed by atoms with van der Waals surface area (Å²) in [7, 11) is 0. The Morgan fingerprint density at radius 2 is 1.93 bits per heavy atom. The first-order chi connectivity index (χ1) is 13.5. The number of thiazole rings is 1. The van der Waals surface area contributed by atoms with Crippen LogP contribution >= 0.6 is 11.3 Å². The van der Waals surface area contributed by atoms with E-state index in [1.54, 1.807) is 30.3 Å². The molecule has 1 atom stereocenters. The largest absolute Gasteiger partial charge is 0.494 e. The molecule has 1 amide bonds. The number of carbonyl (C=O) groups excluding carboxylic acids is 2. The molecule has 0 aliphatic rings. The van der Waals surface area contributed by atoms with E-state index in [-0.39, 0.29) is 0 Å². The molecule has 0 saturated carbocycles. The first-order valence-corrected chi connectivity index (χ1v) is 9.65. The molecule has 0 unspecified atom stereocenters. The van der Waals surface area contributed by atoms with Crippen LogP contribution in [0.1, 0.15) is 18.9 Å². The average molecular weight is 396 g/mol. The van der Waals surface area contributed by atoms with Gasteiger partial charge in [0.2, 0.25) is 0 Å². The van der Waals surface area contributed by atoms with E-state index < -0.39 is 18.0 Å². The maximum atomic E-state index is 12.2. The van der Waals surface area contributed by atoms with Gasteiger partial charge in [0, 0.05) is 11.8 Å². The van der Waals surface area contributed by atoms with Crippen LogP contribution in [0.5, 0.6) is 5.75 Å². The van der Waals surface area contributed by atoms with Crippen molar-refractivity contribution < 1.29 is 19.1 Å². The van der Waals surface area contributed by atoms with E-state index in [9.17, 15) is 9.59 Å². The topological polar surface area (TPSA) is 77.5 Å². The Bertz CT molecular complexity index is 962. The molecule has 0 spiro atoms. The van der Waals surface area contributed by atoms with Crippen molar-refractivity contribution in [1.29, 1.82) is 0 Å². The Kier molecular flexibility index (Phi) is 6.39. The van der Waals surface area contributed by atoms with E-state index in [1.165, 1.54) is 24.3 Å². The number of ether oxygens (including phenoxy) is 2. The summed E-state index contributed by atoms with van der Waals surface area (Å²) in [5, 5.41) is 3.40. The summed E-state index contributed by atoms with van der Waals surface area (Å²) in [6, 6.07) is 14.7. The Morgan fingerprint density at radius 3 is 2.64 bits per heavy atom. The molecule has 28 heavy (non-hydrogen) atoms. The molecule has 0 saturated heterocycles. The van der Waals surface area contributed by atoms with Crippen molar-refractivity contribution in [2.24, 2.45) is 0 Å². The van der Waals surface area contributed by atoms with Crippen molar-refractivity contribution in [2.75, 3.05) is 11.9 Å². The summed E-state index contributed by atoms with van der Waals surface area (Å²) < 4.78 is 11.6. The van der Waals surface area contributed by atoms with Crippen LogP contribution in [0.4, 0.5) is 5.69 Å². The van der Waals surface area contributed by atoms with Gasteiger partial charge in [0.1, 0.15) is 10.8 Å². The molecule has 0 bridgehead atoms. The predicted molar refractivity (Wildman–Crippen MR) is 110 cm³/mol.